The van der Waals surface area contributed by atoms with Gasteiger partial charge in [0.25, 0.3) is 11.6 Å². The molecule has 24 heavy (non-hydrogen) atoms. The lowest BCUT2D eigenvalue weighted by Gasteiger charge is -2.14. The molecular weight excluding hydrogens is 308 g/mol. The normalized spacial score (nSPS) is 10.5. The smallest absolute Gasteiger partial charge is 0.274 e. The number of rotatable bonds is 6. The van der Waals surface area contributed by atoms with Crippen LogP contribution in [-0.2, 0) is 4.79 Å². The monoisotopic (exact) mass is 328 g/mol. The third-order valence-corrected chi connectivity index (χ3v) is 3.68. The molecule has 0 aliphatic heterocycles. The van der Waals surface area contributed by atoms with Gasteiger partial charge in [-0.25, -0.2) is 0 Å². The zero-order chi connectivity index (χ0) is 17.7. The van der Waals surface area contributed by atoms with E-state index >= 15 is 0 Å². The van der Waals surface area contributed by atoms with Crippen LogP contribution >= 0.6 is 0 Å². The Morgan fingerprint density at radius 3 is 2.58 bits per heavy atom. The van der Waals surface area contributed by atoms with Crippen molar-refractivity contribution in [1.82, 2.24) is 0 Å². The number of nitro groups is 1. The summed E-state index contributed by atoms with van der Waals surface area (Å²) in [4.78, 5) is 22.6. The molecule has 2 rings (SSSR count). The zero-order valence-corrected chi connectivity index (χ0v) is 13.9. The Bertz CT molecular complexity index is 756. The van der Waals surface area contributed by atoms with E-state index in [1.165, 1.54) is 12.1 Å². The van der Waals surface area contributed by atoms with Crippen molar-refractivity contribution < 1.29 is 14.5 Å². The Hall–Kier alpha value is -2.89. The first-order chi connectivity index (χ1) is 11.4. The van der Waals surface area contributed by atoms with E-state index in [2.05, 4.69) is 19.2 Å². The van der Waals surface area contributed by atoms with Crippen LogP contribution in [0.1, 0.15) is 30.9 Å². The number of para-hydroxylation sites is 1. The number of carbonyl (C=O) groups excluding carboxylic acids is 1. The van der Waals surface area contributed by atoms with Crippen molar-refractivity contribution in [2.45, 2.75) is 26.7 Å². The lowest BCUT2D eigenvalue weighted by molar-refractivity contribution is -0.385. The molecule has 0 saturated carbocycles. The van der Waals surface area contributed by atoms with Crippen LogP contribution in [0, 0.1) is 17.0 Å². The van der Waals surface area contributed by atoms with Gasteiger partial charge in [0.15, 0.2) is 6.61 Å². The Balaban J connectivity index is 2.05. The van der Waals surface area contributed by atoms with E-state index in [9.17, 15) is 14.9 Å². The number of anilines is 1. The summed E-state index contributed by atoms with van der Waals surface area (Å²) in [6.45, 7) is 5.54. The van der Waals surface area contributed by atoms with Gasteiger partial charge in [-0.2, -0.15) is 0 Å². The minimum atomic E-state index is -0.472. The highest BCUT2D eigenvalue weighted by Crippen LogP contribution is 2.27. The predicted molar refractivity (Wildman–Crippen MR) is 92.5 cm³/mol. The van der Waals surface area contributed by atoms with Gasteiger partial charge in [0.05, 0.1) is 16.2 Å². The number of nitro benzene ring substituents is 1. The minimum absolute atomic E-state index is 0.0288. The molecule has 0 atom stereocenters. The van der Waals surface area contributed by atoms with Crippen LogP contribution in [-0.4, -0.2) is 17.4 Å². The highest BCUT2D eigenvalue weighted by molar-refractivity contribution is 5.93. The summed E-state index contributed by atoms with van der Waals surface area (Å²) in [5.74, 6) is 0.582. The summed E-state index contributed by atoms with van der Waals surface area (Å²) in [5.41, 5.74) is 1.82. The number of carbonyl (C=O) groups is 1. The van der Waals surface area contributed by atoms with Gasteiger partial charge in [-0.15, -0.1) is 0 Å². The fraction of sp³-hybridized carbons (Fsp3) is 0.278. The third-order valence-electron chi connectivity index (χ3n) is 3.68. The fourth-order valence-corrected chi connectivity index (χ4v) is 2.38. The lowest BCUT2D eigenvalue weighted by Crippen LogP contribution is -2.21. The molecule has 126 valence electrons. The maximum atomic E-state index is 12.1. The molecule has 0 aromatic heterocycles. The number of hydrogen-bond donors (Lipinski definition) is 1. The van der Waals surface area contributed by atoms with Crippen molar-refractivity contribution in [1.29, 1.82) is 0 Å². The number of nitrogens with one attached hydrogen (secondary N) is 1. The average molecular weight is 328 g/mol. The first-order valence-corrected chi connectivity index (χ1v) is 7.65. The predicted octanol–water partition coefficient (Wildman–Crippen LogP) is 4.04. The van der Waals surface area contributed by atoms with Gasteiger partial charge in [-0.3, -0.25) is 14.9 Å². The fourth-order valence-electron chi connectivity index (χ4n) is 2.38. The van der Waals surface area contributed by atoms with Crippen LogP contribution in [0.4, 0.5) is 11.4 Å². The maximum absolute atomic E-state index is 12.1. The van der Waals surface area contributed by atoms with E-state index < -0.39 is 4.92 Å². The highest BCUT2D eigenvalue weighted by atomic mass is 16.6. The van der Waals surface area contributed by atoms with Crippen molar-refractivity contribution in [2.24, 2.45) is 0 Å². The second kappa shape index (κ2) is 7.59. The first-order valence-electron chi connectivity index (χ1n) is 7.65. The molecule has 0 radical (unpaired) electrons. The summed E-state index contributed by atoms with van der Waals surface area (Å²) < 4.78 is 5.60. The number of benzene rings is 2. The second-order valence-electron chi connectivity index (χ2n) is 5.74. The lowest BCUT2D eigenvalue weighted by atomic mass is 10.0. The van der Waals surface area contributed by atoms with Gasteiger partial charge in [-0.05, 0) is 30.5 Å². The number of hydrogen-bond acceptors (Lipinski definition) is 4. The van der Waals surface area contributed by atoms with Crippen molar-refractivity contribution in [2.75, 3.05) is 11.9 Å². The van der Waals surface area contributed by atoms with Crippen LogP contribution in [0.15, 0.2) is 42.5 Å². The molecule has 0 heterocycles. The van der Waals surface area contributed by atoms with E-state index in [-0.39, 0.29) is 24.1 Å². The molecule has 6 nitrogen and oxygen atoms in total. The Morgan fingerprint density at radius 1 is 1.21 bits per heavy atom. The summed E-state index contributed by atoms with van der Waals surface area (Å²) in [6.07, 6.45) is 0. The molecule has 1 N–H and O–H groups in total. The van der Waals surface area contributed by atoms with Gasteiger partial charge in [0.1, 0.15) is 5.75 Å². The van der Waals surface area contributed by atoms with Gasteiger partial charge in [-0.1, -0.05) is 38.1 Å². The standard InChI is InChI=1S/C18H20N2O4/c1-12(2)14-7-4-5-10-17(14)24-11-18(21)19-15-8-6-9-16(13(15)3)20(22)23/h4-10,12H,11H2,1-3H3,(H,19,21). The molecule has 0 unspecified atom stereocenters. The van der Waals surface area contributed by atoms with Crippen LogP contribution < -0.4 is 10.1 Å². The molecule has 0 aliphatic carbocycles. The largest absolute Gasteiger partial charge is 0.483 e. The Kier molecular flexibility index (Phi) is 5.52. The molecule has 0 bridgehead atoms. The summed E-state index contributed by atoms with van der Waals surface area (Å²) >= 11 is 0. The van der Waals surface area contributed by atoms with E-state index in [1.807, 2.05) is 24.3 Å². The van der Waals surface area contributed by atoms with Crippen molar-refractivity contribution >= 4 is 17.3 Å². The molecule has 0 fully saturated rings. The summed E-state index contributed by atoms with van der Waals surface area (Å²) in [7, 11) is 0. The van der Waals surface area contributed by atoms with E-state index in [0.717, 1.165) is 5.56 Å². The number of nitrogens with zero attached hydrogens (tertiary/aromatic N) is 1. The van der Waals surface area contributed by atoms with Crippen LogP contribution in [0.3, 0.4) is 0 Å². The van der Waals surface area contributed by atoms with E-state index in [0.29, 0.717) is 17.0 Å². The third kappa shape index (κ3) is 4.10. The van der Waals surface area contributed by atoms with Gasteiger partial charge in [0.2, 0.25) is 0 Å². The molecule has 1 amide bonds. The summed E-state index contributed by atoms with van der Waals surface area (Å²) in [5, 5.41) is 13.6. The van der Waals surface area contributed by atoms with Gasteiger partial charge in [0, 0.05) is 6.07 Å². The molecule has 0 spiro atoms. The molecular formula is C18H20N2O4. The quantitative estimate of drug-likeness (QED) is 0.641. The Morgan fingerprint density at radius 2 is 1.92 bits per heavy atom. The molecule has 2 aromatic rings. The van der Waals surface area contributed by atoms with E-state index in [4.69, 9.17) is 4.74 Å². The van der Waals surface area contributed by atoms with Crippen molar-refractivity contribution in [3.05, 3.63) is 63.7 Å². The maximum Gasteiger partial charge on any atom is 0.274 e. The Labute approximate surface area is 140 Å². The summed E-state index contributed by atoms with van der Waals surface area (Å²) in [6, 6.07) is 12.1. The number of ether oxygens (including phenoxy) is 1. The average Bonchev–Trinajstić information content (AvgIpc) is 2.54. The first kappa shape index (κ1) is 17.5. The molecule has 6 heteroatoms. The SMILES string of the molecule is Cc1c(NC(=O)COc2ccccc2C(C)C)cccc1[N+](=O)[O-]. The molecule has 0 saturated heterocycles. The van der Waals surface area contributed by atoms with Crippen LogP contribution in [0.2, 0.25) is 0 Å². The zero-order valence-electron chi connectivity index (χ0n) is 13.9. The molecule has 0 aliphatic rings. The second-order valence-corrected chi connectivity index (χ2v) is 5.74. The van der Waals surface area contributed by atoms with Crippen LogP contribution in [0.25, 0.3) is 0 Å². The molecule has 2 aromatic carbocycles. The van der Waals surface area contributed by atoms with Crippen molar-refractivity contribution in [3.8, 4) is 5.75 Å². The minimum Gasteiger partial charge on any atom is -0.483 e. The van der Waals surface area contributed by atoms with Gasteiger partial charge >= 0.3 is 0 Å². The van der Waals surface area contributed by atoms with Crippen LogP contribution in [0.5, 0.6) is 5.75 Å². The topological polar surface area (TPSA) is 81.5 Å². The number of amides is 1. The van der Waals surface area contributed by atoms with Gasteiger partial charge < -0.3 is 10.1 Å². The van der Waals surface area contributed by atoms with E-state index in [1.54, 1.807) is 13.0 Å². The van der Waals surface area contributed by atoms with Crippen molar-refractivity contribution in [3.63, 3.8) is 0 Å². The highest BCUT2D eigenvalue weighted by Gasteiger charge is 2.15.